The average Bonchev–Trinajstić information content (AvgIpc) is 2.97. The molecule has 0 bridgehead atoms. The van der Waals surface area contributed by atoms with Crippen molar-refractivity contribution in [3.63, 3.8) is 0 Å². The Balaban J connectivity index is 1.75. The molecule has 0 aliphatic rings. The van der Waals surface area contributed by atoms with Gasteiger partial charge in [-0.05, 0) is 36.8 Å². The van der Waals surface area contributed by atoms with Crippen molar-refractivity contribution >= 4 is 17.1 Å². The molecule has 3 aromatic rings. The van der Waals surface area contributed by atoms with Crippen LogP contribution in [0.1, 0.15) is 18.5 Å². The summed E-state index contributed by atoms with van der Waals surface area (Å²) in [7, 11) is 1.70. The number of halogens is 1. The van der Waals surface area contributed by atoms with Gasteiger partial charge in [-0.25, -0.2) is 24.3 Å². The SMILES string of the molecule is C[C@H](c1ccc(F)cc1)N(C)C(=O)Nn1cnc2ccccc21. The number of para-hydroxylation sites is 2. The van der Waals surface area contributed by atoms with Crippen LogP contribution in [0.25, 0.3) is 11.0 Å². The predicted molar refractivity (Wildman–Crippen MR) is 87.1 cm³/mol. The maximum atomic E-state index is 13.0. The first-order chi connectivity index (χ1) is 11.1. The maximum Gasteiger partial charge on any atom is 0.336 e. The lowest BCUT2D eigenvalue weighted by molar-refractivity contribution is 0.205. The van der Waals surface area contributed by atoms with Crippen LogP contribution >= 0.6 is 0 Å². The Morgan fingerprint density at radius 3 is 2.65 bits per heavy atom. The Kier molecular flexibility index (Phi) is 3.97. The number of rotatable bonds is 3. The summed E-state index contributed by atoms with van der Waals surface area (Å²) in [6, 6.07) is 13.2. The van der Waals surface area contributed by atoms with Crippen molar-refractivity contribution in [2.75, 3.05) is 12.5 Å². The minimum atomic E-state index is -0.294. The molecule has 1 N–H and O–H groups in total. The number of fused-ring (bicyclic) bond motifs is 1. The van der Waals surface area contributed by atoms with Gasteiger partial charge in [0.15, 0.2) is 0 Å². The van der Waals surface area contributed by atoms with Gasteiger partial charge in [0.1, 0.15) is 12.1 Å². The first kappa shape index (κ1) is 15.0. The molecule has 0 aliphatic heterocycles. The van der Waals surface area contributed by atoms with Gasteiger partial charge in [-0.2, -0.15) is 0 Å². The molecule has 2 aromatic carbocycles. The standard InChI is InChI=1S/C17H17FN4O/c1-12(13-7-9-14(18)10-8-13)21(2)17(23)20-22-11-19-15-5-3-4-6-16(15)22/h3-12H,1-2H3,(H,20,23)/t12-/m1/s1. The summed E-state index contributed by atoms with van der Waals surface area (Å²) in [4.78, 5) is 18.2. The van der Waals surface area contributed by atoms with Crippen LogP contribution < -0.4 is 5.43 Å². The number of urea groups is 1. The van der Waals surface area contributed by atoms with E-state index in [2.05, 4.69) is 10.4 Å². The number of carbonyl (C=O) groups is 1. The summed E-state index contributed by atoms with van der Waals surface area (Å²) in [6.45, 7) is 1.89. The summed E-state index contributed by atoms with van der Waals surface area (Å²) in [6.07, 6.45) is 1.57. The monoisotopic (exact) mass is 312 g/mol. The van der Waals surface area contributed by atoms with Crippen molar-refractivity contribution in [3.8, 4) is 0 Å². The quantitative estimate of drug-likeness (QED) is 0.804. The molecule has 0 unspecified atom stereocenters. The Morgan fingerprint density at radius 2 is 1.91 bits per heavy atom. The van der Waals surface area contributed by atoms with Crippen LogP contribution in [0.2, 0.25) is 0 Å². The highest BCUT2D eigenvalue weighted by molar-refractivity contribution is 5.85. The van der Waals surface area contributed by atoms with Gasteiger partial charge in [0.2, 0.25) is 0 Å². The molecule has 0 fully saturated rings. The van der Waals surface area contributed by atoms with Gasteiger partial charge in [0.25, 0.3) is 0 Å². The fourth-order valence-corrected chi connectivity index (χ4v) is 2.37. The predicted octanol–water partition coefficient (Wildman–Crippen LogP) is 3.53. The summed E-state index contributed by atoms with van der Waals surface area (Å²) < 4.78 is 14.6. The molecular formula is C17H17FN4O. The van der Waals surface area contributed by atoms with Gasteiger partial charge in [-0.1, -0.05) is 24.3 Å². The number of hydrogen-bond donors (Lipinski definition) is 1. The third-order valence-corrected chi connectivity index (χ3v) is 3.92. The van der Waals surface area contributed by atoms with E-state index >= 15 is 0 Å². The van der Waals surface area contributed by atoms with Gasteiger partial charge >= 0.3 is 6.03 Å². The lowest BCUT2D eigenvalue weighted by atomic mass is 10.1. The number of imidazole rings is 1. The van der Waals surface area contributed by atoms with E-state index in [0.717, 1.165) is 16.6 Å². The van der Waals surface area contributed by atoms with E-state index in [4.69, 9.17) is 0 Å². The van der Waals surface area contributed by atoms with Crippen molar-refractivity contribution in [1.29, 1.82) is 0 Å². The lowest BCUT2D eigenvalue weighted by Crippen LogP contribution is -2.37. The normalized spacial score (nSPS) is 12.1. The first-order valence-corrected chi connectivity index (χ1v) is 7.27. The minimum Gasteiger partial charge on any atom is -0.320 e. The Morgan fingerprint density at radius 1 is 1.22 bits per heavy atom. The summed E-state index contributed by atoms with van der Waals surface area (Å²) in [5.41, 5.74) is 5.28. The highest BCUT2D eigenvalue weighted by atomic mass is 19.1. The summed E-state index contributed by atoms with van der Waals surface area (Å²) in [5.74, 6) is -0.294. The van der Waals surface area contributed by atoms with E-state index in [0.29, 0.717) is 0 Å². The molecule has 3 rings (SSSR count). The molecule has 1 heterocycles. The summed E-state index contributed by atoms with van der Waals surface area (Å²) in [5, 5.41) is 0. The molecule has 5 nitrogen and oxygen atoms in total. The van der Waals surface area contributed by atoms with Crippen LogP contribution in [0.4, 0.5) is 9.18 Å². The van der Waals surface area contributed by atoms with E-state index in [1.807, 2.05) is 31.2 Å². The third kappa shape index (κ3) is 3.01. The number of aromatic nitrogens is 2. The molecule has 1 aromatic heterocycles. The zero-order valence-corrected chi connectivity index (χ0v) is 12.9. The van der Waals surface area contributed by atoms with Crippen molar-refractivity contribution in [3.05, 3.63) is 66.2 Å². The molecule has 0 spiro atoms. The van der Waals surface area contributed by atoms with Crippen molar-refractivity contribution < 1.29 is 9.18 Å². The van der Waals surface area contributed by atoms with Gasteiger partial charge in [0.05, 0.1) is 17.1 Å². The van der Waals surface area contributed by atoms with Crippen molar-refractivity contribution in [2.45, 2.75) is 13.0 Å². The fraction of sp³-hybridized carbons (Fsp3) is 0.176. The molecular weight excluding hydrogens is 295 g/mol. The molecule has 118 valence electrons. The topological polar surface area (TPSA) is 50.2 Å². The van der Waals surface area contributed by atoms with Crippen molar-refractivity contribution in [2.24, 2.45) is 0 Å². The van der Waals surface area contributed by atoms with Crippen LogP contribution in [-0.2, 0) is 0 Å². The molecule has 0 saturated carbocycles. The highest BCUT2D eigenvalue weighted by Crippen LogP contribution is 2.19. The smallest absolute Gasteiger partial charge is 0.320 e. The molecule has 0 saturated heterocycles. The van der Waals surface area contributed by atoms with E-state index in [1.165, 1.54) is 12.1 Å². The van der Waals surface area contributed by atoms with Crippen LogP contribution in [0, 0.1) is 5.82 Å². The van der Waals surface area contributed by atoms with Gasteiger partial charge in [-0.3, -0.25) is 0 Å². The summed E-state index contributed by atoms with van der Waals surface area (Å²) >= 11 is 0. The number of nitrogens with one attached hydrogen (secondary N) is 1. The second-order valence-corrected chi connectivity index (χ2v) is 5.36. The Labute approximate surface area is 133 Å². The van der Waals surface area contributed by atoms with Gasteiger partial charge in [-0.15, -0.1) is 0 Å². The second-order valence-electron chi connectivity index (χ2n) is 5.36. The molecule has 0 radical (unpaired) electrons. The van der Waals surface area contributed by atoms with E-state index in [1.54, 1.807) is 35.1 Å². The highest BCUT2D eigenvalue weighted by Gasteiger charge is 2.18. The first-order valence-electron chi connectivity index (χ1n) is 7.27. The Hall–Kier alpha value is -2.89. The molecule has 23 heavy (non-hydrogen) atoms. The van der Waals surface area contributed by atoms with Crippen molar-refractivity contribution in [1.82, 2.24) is 14.6 Å². The van der Waals surface area contributed by atoms with Crippen LogP contribution in [0.3, 0.4) is 0 Å². The largest absolute Gasteiger partial charge is 0.336 e. The van der Waals surface area contributed by atoms with E-state index < -0.39 is 0 Å². The van der Waals surface area contributed by atoms with Crippen LogP contribution in [0.15, 0.2) is 54.9 Å². The van der Waals surface area contributed by atoms with Crippen LogP contribution in [-0.4, -0.2) is 27.6 Å². The van der Waals surface area contributed by atoms with E-state index in [9.17, 15) is 9.18 Å². The maximum absolute atomic E-state index is 13.0. The average molecular weight is 312 g/mol. The number of amides is 2. The Bertz CT molecular complexity index is 828. The molecule has 2 amide bonds. The number of hydrogen-bond acceptors (Lipinski definition) is 2. The molecule has 1 atom stereocenters. The minimum absolute atomic E-state index is 0.189. The molecule has 0 aliphatic carbocycles. The van der Waals surface area contributed by atoms with Gasteiger partial charge < -0.3 is 4.90 Å². The number of nitrogens with zero attached hydrogens (tertiary/aromatic N) is 3. The zero-order chi connectivity index (χ0) is 16.4. The van der Waals surface area contributed by atoms with E-state index in [-0.39, 0.29) is 17.9 Å². The van der Waals surface area contributed by atoms with Gasteiger partial charge in [0, 0.05) is 7.05 Å². The number of carbonyl (C=O) groups excluding carboxylic acids is 1. The zero-order valence-electron chi connectivity index (χ0n) is 12.9. The third-order valence-electron chi connectivity index (χ3n) is 3.92. The lowest BCUT2D eigenvalue weighted by Gasteiger charge is -2.25. The van der Waals surface area contributed by atoms with Crippen LogP contribution in [0.5, 0.6) is 0 Å². The second kappa shape index (κ2) is 6.08. The fourth-order valence-electron chi connectivity index (χ4n) is 2.37. The molecule has 6 heteroatoms. The number of benzene rings is 2.